The molecule has 0 bridgehead atoms. The van der Waals surface area contributed by atoms with Crippen LogP contribution in [0.25, 0.3) is 11.1 Å². The van der Waals surface area contributed by atoms with Gasteiger partial charge in [-0.25, -0.2) is 9.18 Å². The van der Waals surface area contributed by atoms with Gasteiger partial charge in [0.15, 0.2) is 0 Å². The number of rotatable bonds is 6. The van der Waals surface area contributed by atoms with Crippen molar-refractivity contribution in [3.8, 4) is 11.1 Å². The zero-order chi connectivity index (χ0) is 24.5. The van der Waals surface area contributed by atoms with E-state index in [4.69, 9.17) is 9.84 Å². The Morgan fingerprint density at radius 1 is 0.943 bits per heavy atom. The molecule has 7 nitrogen and oxygen atoms in total. The van der Waals surface area contributed by atoms with Gasteiger partial charge in [-0.1, -0.05) is 48.5 Å². The number of carbonyl (C=O) groups excluding carboxylic acids is 2. The van der Waals surface area contributed by atoms with Crippen LogP contribution in [0.2, 0.25) is 0 Å². The van der Waals surface area contributed by atoms with Crippen molar-refractivity contribution in [3.63, 3.8) is 0 Å². The van der Waals surface area contributed by atoms with E-state index in [0.29, 0.717) is 12.8 Å². The van der Waals surface area contributed by atoms with Gasteiger partial charge in [-0.05, 0) is 53.3 Å². The smallest absolute Gasteiger partial charge is 0.411 e. The average molecular weight is 474 g/mol. The van der Waals surface area contributed by atoms with Gasteiger partial charge in [-0.2, -0.15) is 0 Å². The number of aliphatic carboxylic acids is 1. The number of carbonyl (C=O) groups is 3. The number of hydrogen-bond donors (Lipinski definition) is 3. The minimum atomic E-state index is -0.893. The lowest BCUT2D eigenvalue weighted by atomic mass is 9.80. The third kappa shape index (κ3) is 4.59. The first-order valence-electron chi connectivity index (χ1n) is 11.4. The summed E-state index contributed by atoms with van der Waals surface area (Å²) < 4.78 is 19.6. The van der Waals surface area contributed by atoms with Gasteiger partial charge in [0.25, 0.3) is 5.91 Å². The van der Waals surface area contributed by atoms with Crippen molar-refractivity contribution in [3.05, 3.63) is 89.2 Å². The van der Waals surface area contributed by atoms with Crippen molar-refractivity contribution in [2.45, 2.75) is 24.8 Å². The minimum absolute atomic E-state index is 0.0257. The van der Waals surface area contributed by atoms with Crippen LogP contribution in [0.1, 0.15) is 40.2 Å². The molecule has 3 aromatic carbocycles. The van der Waals surface area contributed by atoms with Crippen molar-refractivity contribution < 1.29 is 28.6 Å². The molecule has 1 fully saturated rings. The van der Waals surface area contributed by atoms with Crippen molar-refractivity contribution in [2.24, 2.45) is 5.92 Å². The molecule has 5 rings (SSSR count). The summed E-state index contributed by atoms with van der Waals surface area (Å²) in [5, 5.41) is 14.1. The molecule has 3 N–H and O–H groups in total. The van der Waals surface area contributed by atoms with Gasteiger partial charge in [0.1, 0.15) is 12.4 Å². The van der Waals surface area contributed by atoms with E-state index in [9.17, 15) is 18.8 Å². The summed E-state index contributed by atoms with van der Waals surface area (Å²) >= 11 is 0. The van der Waals surface area contributed by atoms with Gasteiger partial charge in [0.2, 0.25) is 0 Å². The maximum atomic E-state index is 14.2. The highest BCUT2D eigenvalue weighted by molar-refractivity contribution is 5.96. The number of amides is 2. The third-order valence-corrected chi connectivity index (χ3v) is 6.57. The van der Waals surface area contributed by atoms with Crippen LogP contribution in [0, 0.1) is 11.7 Å². The summed E-state index contributed by atoms with van der Waals surface area (Å²) in [5.41, 5.74) is 4.49. The van der Waals surface area contributed by atoms with E-state index in [-0.39, 0.29) is 29.8 Å². The molecule has 1 saturated carbocycles. The van der Waals surface area contributed by atoms with Crippen molar-refractivity contribution in [1.82, 2.24) is 5.32 Å². The van der Waals surface area contributed by atoms with Crippen LogP contribution in [0.5, 0.6) is 0 Å². The van der Waals surface area contributed by atoms with Crippen LogP contribution in [-0.2, 0) is 9.53 Å². The Morgan fingerprint density at radius 2 is 1.57 bits per heavy atom. The van der Waals surface area contributed by atoms with Crippen LogP contribution in [0.15, 0.2) is 66.7 Å². The maximum absolute atomic E-state index is 14.2. The number of carboxylic acids is 1. The first-order valence-corrected chi connectivity index (χ1v) is 11.4. The monoisotopic (exact) mass is 474 g/mol. The van der Waals surface area contributed by atoms with Crippen LogP contribution >= 0.6 is 0 Å². The molecule has 35 heavy (non-hydrogen) atoms. The summed E-state index contributed by atoms with van der Waals surface area (Å²) in [7, 11) is 0. The Hall–Kier alpha value is -4.20. The van der Waals surface area contributed by atoms with E-state index < -0.39 is 29.7 Å². The van der Waals surface area contributed by atoms with E-state index in [1.807, 2.05) is 48.5 Å². The zero-order valence-electron chi connectivity index (χ0n) is 18.7. The highest BCUT2D eigenvalue weighted by Gasteiger charge is 2.35. The van der Waals surface area contributed by atoms with Crippen LogP contribution in [0.3, 0.4) is 0 Å². The minimum Gasteiger partial charge on any atom is -0.481 e. The van der Waals surface area contributed by atoms with Crippen LogP contribution < -0.4 is 10.6 Å². The molecule has 0 aliphatic heterocycles. The normalized spacial score (nSPS) is 18.1. The number of anilines is 1. The Labute approximate surface area is 200 Å². The molecule has 0 radical (unpaired) electrons. The molecule has 0 atom stereocenters. The molecule has 0 unspecified atom stereocenters. The molecule has 178 valence electrons. The van der Waals surface area contributed by atoms with Crippen molar-refractivity contribution >= 4 is 23.7 Å². The highest BCUT2D eigenvalue weighted by atomic mass is 19.1. The number of nitrogens with one attached hydrogen (secondary N) is 2. The standard InChI is InChI=1S/C27H23FN2O5/c28-17-9-15(25(31)29-18-11-16(12-18)26(32)33)10-19(13-17)30-27(34)35-14-24-22-7-3-1-5-20(22)21-6-2-4-8-23(21)24/h1-10,13,16,18,24H,11-12,14H2,(H,29,31)(H,30,34)(H,32,33). The van der Waals surface area contributed by atoms with Gasteiger partial charge >= 0.3 is 12.1 Å². The molecule has 0 spiro atoms. The molecule has 0 heterocycles. The molecular formula is C27H23FN2O5. The first kappa shape index (κ1) is 22.6. The number of hydrogen-bond acceptors (Lipinski definition) is 4. The van der Waals surface area contributed by atoms with Gasteiger partial charge in [0.05, 0.1) is 5.92 Å². The van der Waals surface area contributed by atoms with Gasteiger partial charge in [-0.15, -0.1) is 0 Å². The third-order valence-electron chi connectivity index (χ3n) is 6.57. The number of fused-ring (bicyclic) bond motifs is 3. The van der Waals surface area contributed by atoms with Crippen LogP contribution in [-0.4, -0.2) is 35.7 Å². The predicted octanol–water partition coefficient (Wildman–Crippen LogP) is 4.78. The lowest BCUT2D eigenvalue weighted by Gasteiger charge is -2.32. The Bertz CT molecular complexity index is 1270. The fraction of sp³-hybridized carbons (Fsp3) is 0.222. The fourth-order valence-electron chi connectivity index (χ4n) is 4.75. The Balaban J connectivity index is 1.22. The topological polar surface area (TPSA) is 105 Å². The zero-order valence-corrected chi connectivity index (χ0v) is 18.7. The summed E-state index contributed by atoms with van der Waals surface area (Å²) in [6, 6.07) is 19.2. The van der Waals surface area contributed by atoms with Gasteiger partial charge < -0.3 is 15.2 Å². The van der Waals surface area contributed by atoms with Crippen LogP contribution in [0.4, 0.5) is 14.9 Å². The highest BCUT2D eigenvalue weighted by Crippen LogP contribution is 2.44. The number of carboxylic acid groups (broad SMARTS) is 1. The van der Waals surface area contributed by atoms with Crippen molar-refractivity contribution in [2.75, 3.05) is 11.9 Å². The molecule has 8 heteroatoms. The number of ether oxygens (including phenoxy) is 1. The van der Waals surface area contributed by atoms with Crippen molar-refractivity contribution in [1.29, 1.82) is 0 Å². The van der Waals surface area contributed by atoms with E-state index in [2.05, 4.69) is 10.6 Å². The predicted molar refractivity (Wildman–Crippen MR) is 127 cm³/mol. The Kier molecular flexibility index (Phi) is 5.94. The Morgan fingerprint density at radius 3 is 2.20 bits per heavy atom. The van der Waals surface area contributed by atoms with E-state index in [1.54, 1.807) is 0 Å². The molecule has 2 amide bonds. The molecule has 2 aliphatic carbocycles. The second kappa shape index (κ2) is 9.21. The first-order chi connectivity index (χ1) is 16.9. The van der Waals surface area contributed by atoms with E-state index >= 15 is 0 Å². The molecule has 2 aliphatic rings. The summed E-state index contributed by atoms with van der Waals surface area (Å²) in [6.45, 7) is 0.106. The lowest BCUT2D eigenvalue weighted by Crippen LogP contribution is -2.46. The van der Waals surface area contributed by atoms with Gasteiger partial charge in [-0.3, -0.25) is 14.9 Å². The second-order valence-corrected chi connectivity index (χ2v) is 8.86. The number of benzene rings is 3. The summed E-state index contributed by atoms with van der Waals surface area (Å²) in [6.07, 6.45) is -0.0882. The van der Waals surface area contributed by atoms with E-state index in [0.717, 1.165) is 34.4 Å². The second-order valence-electron chi connectivity index (χ2n) is 8.86. The summed E-state index contributed by atoms with van der Waals surface area (Å²) in [4.78, 5) is 35.9. The van der Waals surface area contributed by atoms with E-state index in [1.165, 1.54) is 6.07 Å². The largest absolute Gasteiger partial charge is 0.481 e. The molecule has 3 aromatic rings. The maximum Gasteiger partial charge on any atom is 0.411 e. The quantitative estimate of drug-likeness (QED) is 0.477. The van der Waals surface area contributed by atoms with Gasteiger partial charge in [0, 0.05) is 23.2 Å². The summed E-state index contributed by atoms with van der Waals surface area (Å²) in [5.74, 6) is -2.70. The number of halogens is 1. The SMILES string of the molecule is O=C(Nc1cc(F)cc(C(=O)NC2CC(C(=O)O)C2)c1)OCC1c2ccccc2-c2ccccc21. The average Bonchev–Trinajstić information content (AvgIpc) is 3.12. The molecule has 0 saturated heterocycles. The molecular weight excluding hydrogens is 451 g/mol. The lowest BCUT2D eigenvalue weighted by molar-refractivity contribution is -0.145. The molecule has 0 aromatic heterocycles. The fourth-order valence-corrected chi connectivity index (χ4v) is 4.75.